The Morgan fingerprint density at radius 2 is 1.92 bits per heavy atom. The normalized spacial score (nSPS) is 11.3. The van der Waals surface area contributed by atoms with Crippen molar-refractivity contribution in [3.8, 4) is 17.0 Å². The molecule has 1 heterocycles. The summed E-state index contributed by atoms with van der Waals surface area (Å²) in [5, 5.41) is 7.17. The fraction of sp³-hybridized carbons (Fsp3) is 0.118. The molecule has 0 spiro atoms. The van der Waals surface area contributed by atoms with Crippen LogP contribution in [-0.2, 0) is 10.0 Å². The van der Waals surface area contributed by atoms with Gasteiger partial charge in [0.1, 0.15) is 10.6 Å². The third-order valence-electron chi connectivity index (χ3n) is 3.67. The van der Waals surface area contributed by atoms with Crippen LogP contribution in [0.15, 0.2) is 53.4 Å². The van der Waals surface area contributed by atoms with E-state index in [0.717, 1.165) is 11.1 Å². The number of hydrogen-bond donors (Lipinski definition) is 2. The second kappa shape index (κ2) is 6.78. The highest BCUT2D eigenvalue weighted by Gasteiger charge is 2.21. The molecule has 0 aliphatic carbocycles. The molecule has 2 aromatic carbocycles. The maximum Gasteiger partial charge on any atom is 0.266 e. The summed E-state index contributed by atoms with van der Waals surface area (Å²) >= 11 is 5.91. The number of aromatic amines is 1. The van der Waals surface area contributed by atoms with Gasteiger partial charge in [0.05, 0.1) is 12.8 Å². The molecule has 0 radical (unpaired) electrons. The molecule has 2 N–H and O–H groups in total. The summed E-state index contributed by atoms with van der Waals surface area (Å²) in [7, 11) is -2.50. The van der Waals surface area contributed by atoms with Crippen LogP contribution in [0, 0.1) is 6.92 Å². The van der Waals surface area contributed by atoms with E-state index >= 15 is 0 Å². The van der Waals surface area contributed by atoms with E-state index in [1.165, 1.54) is 19.2 Å². The van der Waals surface area contributed by atoms with Crippen LogP contribution in [-0.4, -0.2) is 25.7 Å². The highest BCUT2D eigenvalue weighted by Crippen LogP contribution is 2.29. The van der Waals surface area contributed by atoms with Crippen LogP contribution >= 0.6 is 11.6 Å². The Morgan fingerprint density at radius 1 is 1.16 bits per heavy atom. The van der Waals surface area contributed by atoms with Crippen LogP contribution in [0.2, 0.25) is 5.02 Å². The number of H-pyrrole nitrogens is 1. The summed E-state index contributed by atoms with van der Waals surface area (Å²) in [5.74, 6) is 0.381. The Kier molecular flexibility index (Phi) is 4.69. The zero-order valence-electron chi connectivity index (χ0n) is 13.6. The highest BCUT2D eigenvalue weighted by molar-refractivity contribution is 7.92. The lowest BCUT2D eigenvalue weighted by Crippen LogP contribution is -2.14. The predicted molar refractivity (Wildman–Crippen MR) is 97.6 cm³/mol. The Bertz CT molecular complexity index is 1020. The summed E-state index contributed by atoms with van der Waals surface area (Å²) in [5.41, 5.74) is 2.71. The second-order valence-corrected chi connectivity index (χ2v) is 7.47. The molecular formula is C17H16ClN3O3S. The molecule has 0 saturated heterocycles. The lowest BCUT2D eigenvalue weighted by Gasteiger charge is -2.10. The topological polar surface area (TPSA) is 84.1 Å². The Morgan fingerprint density at radius 3 is 2.64 bits per heavy atom. The number of ether oxygens (including phenoxy) is 1. The zero-order valence-corrected chi connectivity index (χ0v) is 15.1. The molecule has 0 saturated carbocycles. The standard InChI is InChI=1S/C17H16ClN3O3S/c1-11-5-3-4-6-13(11)14-10-17(20-19-14)21-25(22,23)16-9-12(18)7-8-15(16)24-2/h3-10H,1-2H3,(H2,19,20,21). The number of methoxy groups -OCH3 is 1. The molecule has 6 nitrogen and oxygen atoms in total. The first kappa shape index (κ1) is 17.3. The van der Waals surface area contributed by atoms with Gasteiger partial charge in [-0.2, -0.15) is 5.10 Å². The molecule has 0 bridgehead atoms. The minimum absolute atomic E-state index is 0.0528. The fourth-order valence-corrected chi connectivity index (χ4v) is 3.87. The van der Waals surface area contributed by atoms with Crippen molar-refractivity contribution in [2.75, 3.05) is 11.8 Å². The van der Waals surface area contributed by atoms with E-state index in [1.54, 1.807) is 12.1 Å². The molecule has 0 aliphatic rings. The number of sulfonamides is 1. The number of aryl methyl sites for hydroxylation is 1. The van der Waals surface area contributed by atoms with Crippen molar-refractivity contribution < 1.29 is 13.2 Å². The fourth-order valence-electron chi connectivity index (χ4n) is 2.44. The molecule has 0 atom stereocenters. The first-order chi connectivity index (χ1) is 11.9. The number of rotatable bonds is 5. The van der Waals surface area contributed by atoms with Crippen LogP contribution in [0.3, 0.4) is 0 Å². The molecule has 0 amide bonds. The molecule has 0 unspecified atom stereocenters. The monoisotopic (exact) mass is 377 g/mol. The first-order valence-electron chi connectivity index (χ1n) is 7.38. The molecule has 25 heavy (non-hydrogen) atoms. The predicted octanol–water partition coefficient (Wildman–Crippen LogP) is 3.85. The summed E-state index contributed by atoms with van der Waals surface area (Å²) < 4.78 is 32.8. The van der Waals surface area contributed by atoms with Crippen molar-refractivity contribution in [1.82, 2.24) is 10.2 Å². The molecule has 8 heteroatoms. The lowest BCUT2D eigenvalue weighted by atomic mass is 10.1. The van der Waals surface area contributed by atoms with Crippen LogP contribution in [0.25, 0.3) is 11.3 Å². The van der Waals surface area contributed by atoms with Crippen LogP contribution in [0.5, 0.6) is 5.75 Å². The van der Waals surface area contributed by atoms with Crippen molar-refractivity contribution >= 4 is 27.4 Å². The van der Waals surface area contributed by atoms with Gasteiger partial charge in [0.25, 0.3) is 10.0 Å². The maximum atomic E-state index is 12.6. The minimum Gasteiger partial charge on any atom is -0.495 e. The van der Waals surface area contributed by atoms with Gasteiger partial charge < -0.3 is 4.74 Å². The molecule has 130 valence electrons. The summed E-state index contributed by atoms with van der Waals surface area (Å²) in [6, 6.07) is 13.8. The molecule has 3 rings (SSSR count). The van der Waals surface area contributed by atoms with Crippen LogP contribution < -0.4 is 9.46 Å². The van der Waals surface area contributed by atoms with Gasteiger partial charge in [-0.15, -0.1) is 0 Å². The van der Waals surface area contributed by atoms with E-state index in [9.17, 15) is 8.42 Å². The van der Waals surface area contributed by atoms with Gasteiger partial charge in [-0.3, -0.25) is 9.82 Å². The number of aromatic nitrogens is 2. The lowest BCUT2D eigenvalue weighted by molar-refractivity contribution is 0.403. The zero-order chi connectivity index (χ0) is 18.0. The van der Waals surface area contributed by atoms with Crippen molar-refractivity contribution in [3.05, 3.63) is 59.1 Å². The second-order valence-electron chi connectivity index (χ2n) is 5.38. The van der Waals surface area contributed by atoms with Gasteiger partial charge >= 0.3 is 0 Å². The Hall–Kier alpha value is -2.51. The van der Waals surface area contributed by atoms with E-state index in [-0.39, 0.29) is 16.5 Å². The van der Waals surface area contributed by atoms with Crippen molar-refractivity contribution in [1.29, 1.82) is 0 Å². The van der Waals surface area contributed by atoms with Gasteiger partial charge in [-0.1, -0.05) is 35.9 Å². The molecule has 0 aliphatic heterocycles. The summed E-state index contributed by atoms with van der Waals surface area (Å²) in [6.07, 6.45) is 0. The number of halogens is 1. The number of nitrogens with zero attached hydrogens (tertiary/aromatic N) is 1. The number of benzene rings is 2. The van der Waals surface area contributed by atoms with Gasteiger partial charge in [-0.05, 0) is 30.7 Å². The molecule has 3 aromatic rings. The SMILES string of the molecule is COc1ccc(Cl)cc1S(=O)(=O)Nc1cc(-c2ccccc2C)[nH]n1. The minimum atomic E-state index is -3.90. The molecular weight excluding hydrogens is 362 g/mol. The third-order valence-corrected chi connectivity index (χ3v) is 5.28. The number of hydrogen-bond acceptors (Lipinski definition) is 4. The first-order valence-corrected chi connectivity index (χ1v) is 9.24. The summed E-state index contributed by atoms with van der Waals surface area (Å²) in [4.78, 5) is -0.0528. The highest BCUT2D eigenvalue weighted by atomic mass is 35.5. The Labute approximate surface area is 150 Å². The average Bonchev–Trinajstić information content (AvgIpc) is 3.02. The largest absolute Gasteiger partial charge is 0.495 e. The molecule has 1 aromatic heterocycles. The molecule has 0 fully saturated rings. The Balaban J connectivity index is 1.93. The maximum absolute atomic E-state index is 12.6. The van der Waals surface area contributed by atoms with Crippen LogP contribution in [0.4, 0.5) is 5.82 Å². The van der Waals surface area contributed by atoms with Crippen LogP contribution in [0.1, 0.15) is 5.56 Å². The van der Waals surface area contributed by atoms with Crippen molar-refractivity contribution in [3.63, 3.8) is 0 Å². The van der Waals surface area contributed by atoms with E-state index in [4.69, 9.17) is 16.3 Å². The van der Waals surface area contributed by atoms with Gasteiger partial charge in [0, 0.05) is 16.7 Å². The smallest absolute Gasteiger partial charge is 0.266 e. The average molecular weight is 378 g/mol. The van der Waals surface area contributed by atoms with Crippen molar-refractivity contribution in [2.24, 2.45) is 0 Å². The van der Waals surface area contributed by atoms with E-state index in [1.807, 2.05) is 31.2 Å². The number of nitrogens with one attached hydrogen (secondary N) is 2. The quantitative estimate of drug-likeness (QED) is 0.707. The van der Waals surface area contributed by atoms with Gasteiger partial charge in [0.15, 0.2) is 5.82 Å². The van der Waals surface area contributed by atoms with E-state index < -0.39 is 10.0 Å². The van der Waals surface area contributed by atoms with E-state index in [2.05, 4.69) is 14.9 Å². The third kappa shape index (κ3) is 3.62. The van der Waals surface area contributed by atoms with Gasteiger partial charge in [0.2, 0.25) is 0 Å². The van der Waals surface area contributed by atoms with Crippen molar-refractivity contribution in [2.45, 2.75) is 11.8 Å². The van der Waals surface area contributed by atoms with Gasteiger partial charge in [-0.25, -0.2) is 8.42 Å². The van der Waals surface area contributed by atoms with E-state index in [0.29, 0.717) is 10.7 Å². The number of anilines is 1. The summed E-state index contributed by atoms with van der Waals surface area (Å²) in [6.45, 7) is 1.97.